The van der Waals surface area contributed by atoms with Crippen molar-refractivity contribution < 1.29 is 17.9 Å². The van der Waals surface area contributed by atoms with Crippen molar-refractivity contribution >= 4 is 0 Å². The lowest BCUT2D eigenvalue weighted by molar-refractivity contribution is 0.407. The van der Waals surface area contributed by atoms with Crippen molar-refractivity contribution in [3.63, 3.8) is 0 Å². The van der Waals surface area contributed by atoms with Crippen LogP contribution in [0.5, 0.6) is 5.75 Å². The normalized spacial score (nSPS) is 10.7. The molecule has 0 bridgehead atoms. The van der Waals surface area contributed by atoms with Gasteiger partial charge in [0.2, 0.25) is 0 Å². The van der Waals surface area contributed by atoms with Gasteiger partial charge in [0, 0.05) is 24.2 Å². The van der Waals surface area contributed by atoms with Crippen molar-refractivity contribution in [3.05, 3.63) is 53.3 Å². The minimum atomic E-state index is -0.786. The van der Waals surface area contributed by atoms with Crippen LogP contribution in [0.2, 0.25) is 0 Å². The minimum Gasteiger partial charge on any atom is -0.497 e. The maximum atomic E-state index is 14.0. The molecular formula is C16H16F3NO. The topological polar surface area (TPSA) is 21.3 Å². The van der Waals surface area contributed by atoms with Crippen molar-refractivity contribution in [1.29, 1.82) is 0 Å². The van der Waals surface area contributed by atoms with Crippen LogP contribution in [0.4, 0.5) is 13.2 Å². The summed E-state index contributed by atoms with van der Waals surface area (Å²) in [6, 6.07) is 6.31. The number of hydrogen-bond donors (Lipinski definition) is 1. The van der Waals surface area contributed by atoms with Crippen molar-refractivity contribution in [2.45, 2.75) is 13.5 Å². The molecule has 112 valence electrons. The van der Waals surface area contributed by atoms with Crippen LogP contribution in [0.3, 0.4) is 0 Å². The summed E-state index contributed by atoms with van der Waals surface area (Å²) in [5.41, 5.74) is 0.352. The van der Waals surface area contributed by atoms with Gasteiger partial charge in [-0.25, -0.2) is 13.2 Å². The van der Waals surface area contributed by atoms with Crippen molar-refractivity contribution in [2.75, 3.05) is 13.7 Å². The Hall–Kier alpha value is -2.01. The maximum absolute atomic E-state index is 14.0. The Morgan fingerprint density at radius 1 is 1.00 bits per heavy atom. The molecule has 1 N–H and O–H groups in total. The second kappa shape index (κ2) is 6.63. The minimum absolute atomic E-state index is 0.0815. The van der Waals surface area contributed by atoms with E-state index in [9.17, 15) is 13.2 Å². The van der Waals surface area contributed by atoms with Gasteiger partial charge in [-0.1, -0.05) is 19.1 Å². The Morgan fingerprint density at radius 2 is 1.67 bits per heavy atom. The molecule has 0 heterocycles. The van der Waals surface area contributed by atoms with Gasteiger partial charge in [-0.05, 0) is 18.2 Å². The summed E-state index contributed by atoms with van der Waals surface area (Å²) in [5, 5.41) is 3.00. The van der Waals surface area contributed by atoms with Crippen LogP contribution in [0.1, 0.15) is 12.5 Å². The number of benzene rings is 2. The van der Waals surface area contributed by atoms with E-state index in [-0.39, 0.29) is 16.9 Å². The van der Waals surface area contributed by atoms with E-state index in [1.165, 1.54) is 19.2 Å². The molecule has 0 aromatic heterocycles. The third-order valence-corrected chi connectivity index (χ3v) is 3.16. The Labute approximate surface area is 121 Å². The lowest BCUT2D eigenvalue weighted by atomic mass is 10.0. The summed E-state index contributed by atoms with van der Waals surface area (Å²) in [4.78, 5) is 0. The molecule has 2 aromatic rings. The number of rotatable bonds is 5. The first kappa shape index (κ1) is 15.4. The molecule has 0 saturated heterocycles. The fourth-order valence-corrected chi connectivity index (χ4v) is 2.05. The van der Waals surface area contributed by atoms with Crippen LogP contribution in [-0.2, 0) is 6.54 Å². The molecule has 0 fully saturated rings. The van der Waals surface area contributed by atoms with Crippen LogP contribution in [0.15, 0.2) is 30.3 Å². The summed E-state index contributed by atoms with van der Waals surface area (Å²) < 4.78 is 46.7. The predicted octanol–water partition coefficient (Wildman–Crippen LogP) is 3.89. The molecule has 0 amide bonds. The van der Waals surface area contributed by atoms with Gasteiger partial charge in [-0.2, -0.15) is 0 Å². The predicted molar refractivity (Wildman–Crippen MR) is 75.7 cm³/mol. The average Bonchev–Trinajstić information content (AvgIpc) is 2.45. The van der Waals surface area contributed by atoms with Gasteiger partial charge in [0.05, 0.1) is 12.7 Å². The van der Waals surface area contributed by atoms with Crippen molar-refractivity contribution in [1.82, 2.24) is 5.32 Å². The molecule has 2 aromatic carbocycles. The van der Waals surface area contributed by atoms with E-state index in [1.807, 2.05) is 6.92 Å². The highest BCUT2D eigenvalue weighted by Gasteiger charge is 2.15. The van der Waals surface area contributed by atoms with E-state index in [2.05, 4.69) is 5.32 Å². The molecule has 0 radical (unpaired) electrons. The summed E-state index contributed by atoms with van der Waals surface area (Å²) in [6.45, 7) is 2.99. The Bertz CT molecular complexity index is 620. The summed E-state index contributed by atoms with van der Waals surface area (Å²) in [5.74, 6) is -1.99. The highest BCUT2D eigenvalue weighted by molar-refractivity contribution is 5.66. The number of hydrogen-bond acceptors (Lipinski definition) is 2. The lowest BCUT2D eigenvalue weighted by Crippen LogP contribution is -2.12. The number of methoxy groups -OCH3 is 1. The van der Waals surface area contributed by atoms with Gasteiger partial charge < -0.3 is 10.1 Å². The van der Waals surface area contributed by atoms with E-state index in [0.29, 0.717) is 18.7 Å². The van der Waals surface area contributed by atoms with Crippen LogP contribution in [-0.4, -0.2) is 13.7 Å². The maximum Gasteiger partial charge on any atom is 0.137 e. The first-order chi connectivity index (χ1) is 10.1. The van der Waals surface area contributed by atoms with Gasteiger partial charge in [0.1, 0.15) is 23.2 Å². The van der Waals surface area contributed by atoms with Crippen LogP contribution < -0.4 is 10.1 Å². The molecule has 21 heavy (non-hydrogen) atoms. The zero-order chi connectivity index (χ0) is 15.4. The third kappa shape index (κ3) is 3.36. The van der Waals surface area contributed by atoms with Gasteiger partial charge in [-0.3, -0.25) is 0 Å². The molecule has 0 atom stereocenters. The second-order valence-corrected chi connectivity index (χ2v) is 4.55. The first-order valence-electron chi connectivity index (χ1n) is 6.59. The molecule has 0 spiro atoms. The van der Waals surface area contributed by atoms with E-state index in [4.69, 9.17) is 4.74 Å². The Morgan fingerprint density at radius 3 is 2.19 bits per heavy atom. The smallest absolute Gasteiger partial charge is 0.137 e. The second-order valence-electron chi connectivity index (χ2n) is 4.55. The first-order valence-corrected chi connectivity index (χ1v) is 6.59. The molecule has 2 nitrogen and oxygen atoms in total. The van der Waals surface area contributed by atoms with E-state index in [0.717, 1.165) is 18.2 Å². The Balaban J connectivity index is 2.41. The molecular weight excluding hydrogens is 279 g/mol. The molecule has 0 aliphatic carbocycles. The average molecular weight is 295 g/mol. The van der Waals surface area contributed by atoms with Crippen LogP contribution in [0.25, 0.3) is 11.1 Å². The van der Waals surface area contributed by atoms with Crippen molar-refractivity contribution in [2.24, 2.45) is 0 Å². The zero-order valence-corrected chi connectivity index (χ0v) is 11.8. The van der Waals surface area contributed by atoms with Gasteiger partial charge >= 0.3 is 0 Å². The number of ether oxygens (including phenoxy) is 1. The van der Waals surface area contributed by atoms with Gasteiger partial charge in [0.25, 0.3) is 0 Å². The molecule has 0 unspecified atom stereocenters. The summed E-state index contributed by atoms with van der Waals surface area (Å²) in [7, 11) is 1.32. The fourth-order valence-electron chi connectivity index (χ4n) is 2.05. The lowest BCUT2D eigenvalue weighted by Gasteiger charge is -2.10. The molecule has 0 saturated carbocycles. The molecule has 0 aliphatic rings. The van der Waals surface area contributed by atoms with Gasteiger partial charge in [-0.15, -0.1) is 0 Å². The fraction of sp³-hybridized carbons (Fsp3) is 0.250. The van der Waals surface area contributed by atoms with Crippen LogP contribution in [0, 0.1) is 17.5 Å². The standard InChI is InChI=1S/C16H16F3NO/c1-3-20-9-11-5-4-10(6-13(11)17)16-14(18)7-12(21-2)8-15(16)19/h4-8,20H,3,9H2,1-2H3. The largest absolute Gasteiger partial charge is 0.497 e. The third-order valence-electron chi connectivity index (χ3n) is 3.16. The van der Waals surface area contributed by atoms with Crippen molar-refractivity contribution in [3.8, 4) is 16.9 Å². The Kier molecular flexibility index (Phi) is 4.85. The number of nitrogens with one attached hydrogen (secondary N) is 1. The molecule has 0 aliphatic heterocycles. The van der Waals surface area contributed by atoms with E-state index >= 15 is 0 Å². The summed E-state index contributed by atoms with van der Waals surface area (Å²) >= 11 is 0. The zero-order valence-electron chi connectivity index (χ0n) is 11.8. The summed E-state index contributed by atoms with van der Waals surface area (Å²) in [6.07, 6.45) is 0. The highest BCUT2D eigenvalue weighted by atomic mass is 19.1. The molecule has 5 heteroatoms. The highest BCUT2D eigenvalue weighted by Crippen LogP contribution is 2.30. The van der Waals surface area contributed by atoms with Gasteiger partial charge in [0.15, 0.2) is 0 Å². The monoisotopic (exact) mass is 295 g/mol. The number of halogens is 3. The van der Waals surface area contributed by atoms with E-state index in [1.54, 1.807) is 0 Å². The molecule has 2 rings (SSSR count). The van der Waals surface area contributed by atoms with E-state index < -0.39 is 17.5 Å². The quantitative estimate of drug-likeness (QED) is 0.903. The SMILES string of the molecule is CCNCc1ccc(-c2c(F)cc(OC)cc2F)cc1F. The van der Waals surface area contributed by atoms with Crippen LogP contribution >= 0.6 is 0 Å².